The second-order valence-corrected chi connectivity index (χ2v) is 4.94. The van der Waals surface area contributed by atoms with E-state index in [9.17, 15) is 4.79 Å². The van der Waals surface area contributed by atoms with Gasteiger partial charge in [0.2, 0.25) is 5.91 Å². The van der Waals surface area contributed by atoms with Gasteiger partial charge in [0.05, 0.1) is 24.4 Å². The van der Waals surface area contributed by atoms with Crippen molar-refractivity contribution in [3.05, 3.63) is 48.0 Å². The van der Waals surface area contributed by atoms with Crippen LogP contribution in [0.4, 0.5) is 0 Å². The molecule has 1 amide bonds. The summed E-state index contributed by atoms with van der Waals surface area (Å²) in [6.07, 6.45) is 6.59. The predicted octanol–water partition coefficient (Wildman–Crippen LogP) is 2.51. The number of imidazole rings is 1. The monoisotopic (exact) mass is 307 g/mol. The summed E-state index contributed by atoms with van der Waals surface area (Å²) in [5.74, 6) is 0.583. The molecule has 1 aromatic carbocycles. The van der Waals surface area contributed by atoms with Gasteiger partial charge in [-0.05, 0) is 18.6 Å². The van der Waals surface area contributed by atoms with Crippen molar-refractivity contribution < 1.29 is 9.53 Å². The van der Waals surface area contributed by atoms with Crippen molar-refractivity contribution in [3.8, 4) is 5.75 Å². The van der Waals surface area contributed by atoms with E-state index >= 15 is 0 Å². The molecule has 0 aliphatic rings. The van der Waals surface area contributed by atoms with Crippen LogP contribution in [0.25, 0.3) is 0 Å². The lowest BCUT2D eigenvalue weighted by molar-refractivity contribution is -0.121. The van der Waals surface area contributed by atoms with Crippen LogP contribution in [0, 0.1) is 0 Å². The SMILES string of the molecule is O=C(CCOc1ccccc1Cl)NCCCn1ccnc1. The van der Waals surface area contributed by atoms with Crippen LogP contribution in [0.2, 0.25) is 5.02 Å². The van der Waals surface area contributed by atoms with Crippen LogP contribution in [0.15, 0.2) is 43.0 Å². The normalized spacial score (nSPS) is 10.3. The molecule has 0 saturated heterocycles. The second-order valence-electron chi connectivity index (χ2n) is 4.53. The molecule has 1 aromatic heterocycles. The van der Waals surface area contributed by atoms with Gasteiger partial charge < -0.3 is 14.6 Å². The molecule has 1 heterocycles. The zero-order valence-corrected chi connectivity index (χ0v) is 12.4. The molecular weight excluding hydrogens is 290 g/mol. The molecule has 6 heteroatoms. The van der Waals surface area contributed by atoms with Crippen LogP contribution >= 0.6 is 11.6 Å². The van der Waals surface area contributed by atoms with Crippen LogP contribution in [0.3, 0.4) is 0 Å². The maximum Gasteiger partial charge on any atom is 0.223 e. The van der Waals surface area contributed by atoms with E-state index in [1.807, 2.05) is 22.9 Å². The molecular formula is C15H18ClN3O2. The molecule has 112 valence electrons. The Hall–Kier alpha value is -2.01. The van der Waals surface area contributed by atoms with Crippen LogP contribution in [0.5, 0.6) is 5.75 Å². The predicted molar refractivity (Wildman–Crippen MR) is 81.4 cm³/mol. The smallest absolute Gasteiger partial charge is 0.223 e. The Balaban J connectivity index is 1.56. The first-order valence-electron chi connectivity index (χ1n) is 6.85. The van der Waals surface area contributed by atoms with E-state index in [1.54, 1.807) is 24.7 Å². The van der Waals surface area contributed by atoms with E-state index in [1.165, 1.54) is 0 Å². The maximum atomic E-state index is 11.6. The fraction of sp³-hybridized carbons (Fsp3) is 0.333. The third-order valence-corrected chi connectivity index (χ3v) is 3.21. The quantitative estimate of drug-likeness (QED) is 0.762. The average Bonchev–Trinajstić information content (AvgIpc) is 2.99. The van der Waals surface area contributed by atoms with Crippen LogP contribution < -0.4 is 10.1 Å². The third-order valence-electron chi connectivity index (χ3n) is 2.90. The summed E-state index contributed by atoms with van der Waals surface area (Å²) in [5, 5.41) is 3.41. The van der Waals surface area contributed by atoms with Crippen molar-refractivity contribution in [2.75, 3.05) is 13.2 Å². The van der Waals surface area contributed by atoms with Crippen LogP contribution in [-0.2, 0) is 11.3 Å². The Morgan fingerprint density at radius 1 is 1.38 bits per heavy atom. The Bertz CT molecular complexity index is 558. The molecule has 0 saturated carbocycles. The number of hydrogen-bond donors (Lipinski definition) is 1. The molecule has 2 rings (SSSR count). The molecule has 0 unspecified atom stereocenters. The first kappa shape index (κ1) is 15.4. The van der Waals surface area contributed by atoms with Gasteiger partial charge in [0.25, 0.3) is 0 Å². The lowest BCUT2D eigenvalue weighted by Crippen LogP contribution is -2.26. The second kappa shape index (κ2) is 8.32. The standard InChI is InChI=1S/C15H18ClN3O2/c16-13-4-1-2-5-14(13)21-11-6-15(20)18-7-3-9-19-10-8-17-12-19/h1-2,4-5,8,10,12H,3,6-7,9,11H2,(H,18,20). The summed E-state index contributed by atoms with van der Waals surface area (Å²) in [4.78, 5) is 15.6. The number of hydrogen-bond acceptors (Lipinski definition) is 3. The van der Waals surface area contributed by atoms with Gasteiger partial charge in [-0.3, -0.25) is 4.79 Å². The maximum absolute atomic E-state index is 11.6. The van der Waals surface area contributed by atoms with E-state index < -0.39 is 0 Å². The topological polar surface area (TPSA) is 56.1 Å². The average molecular weight is 308 g/mol. The van der Waals surface area contributed by atoms with Gasteiger partial charge in [-0.25, -0.2) is 4.98 Å². The van der Waals surface area contributed by atoms with Crippen molar-refractivity contribution in [1.82, 2.24) is 14.9 Å². The number of rotatable bonds is 8. The zero-order valence-electron chi connectivity index (χ0n) is 11.7. The molecule has 0 aliphatic carbocycles. The Morgan fingerprint density at radius 3 is 3.00 bits per heavy atom. The number of para-hydroxylation sites is 1. The minimum Gasteiger partial charge on any atom is -0.491 e. The number of nitrogens with zero attached hydrogens (tertiary/aromatic N) is 2. The highest BCUT2D eigenvalue weighted by atomic mass is 35.5. The molecule has 0 fully saturated rings. The molecule has 0 aliphatic heterocycles. The van der Waals surface area contributed by atoms with Crippen molar-refractivity contribution >= 4 is 17.5 Å². The van der Waals surface area contributed by atoms with Crippen molar-refractivity contribution in [1.29, 1.82) is 0 Å². The summed E-state index contributed by atoms with van der Waals surface area (Å²) < 4.78 is 7.45. The summed E-state index contributed by atoms with van der Waals surface area (Å²) in [7, 11) is 0. The molecule has 0 spiro atoms. The summed E-state index contributed by atoms with van der Waals surface area (Å²) in [5.41, 5.74) is 0. The Kier molecular flexibility index (Phi) is 6.09. The fourth-order valence-electron chi connectivity index (χ4n) is 1.81. The number of aromatic nitrogens is 2. The number of carbonyl (C=O) groups excluding carboxylic acids is 1. The van der Waals surface area contributed by atoms with E-state index in [2.05, 4.69) is 10.3 Å². The molecule has 2 aromatic rings. The Labute approximate surface area is 128 Å². The molecule has 5 nitrogen and oxygen atoms in total. The van der Waals surface area contributed by atoms with E-state index in [4.69, 9.17) is 16.3 Å². The number of amides is 1. The number of aryl methyl sites for hydroxylation is 1. The van der Waals surface area contributed by atoms with Gasteiger partial charge in [0, 0.05) is 25.5 Å². The minimum atomic E-state index is -0.0207. The number of nitrogens with one attached hydrogen (secondary N) is 1. The largest absolute Gasteiger partial charge is 0.491 e. The highest BCUT2D eigenvalue weighted by molar-refractivity contribution is 6.32. The molecule has 0 atom stereocenters. The zero-order chi connectivity index (χ0) is 14.9. The van der Waals surface area contributed by atoms with Crippen LogP contribution in [-0.4, -0.2) is 28.6 Å². The van der Waals surface area contributed by atoms with Gasteiger partial charge in [-0.1, -0.05) is 23.7 Å². The summed E-state index contributed by atoms with van der Waals surface area (Å²) >= 11 is 5.96. The molecule has 1 N–H and O–H groups in total. The molecule has 0 radical (unpaired) electrons. The fourth-order valence-corrected chi connectivity index (χ4v) is 2.00. The minimum absolute atomic E-state index is 0.0207. The lowest BCUT2D eigenvalue weighted by atomic mass is 10.3. The van der Waals surface area contributed by atoms with E-state index in [0.29, 0.717) is 30.3 Å². The highest BCUT2D eigenvalue weighted by Crippen LogP contribution is 2.22. The van der Waals surface area contributed by atoms with E-state index in [-0.39, 0.29) is 5.91 Å². The number of carbonyl (C=O) groups is 1. The third kappa shape index (κ3) is 5.47. The van der Waals surface area contributed by atoms with Crippen molar-refractivity contribution in [2.24, 2.45) is 0 Å². The molecule has 0 bridgehead atoms. The number of ether oxygens (including phenoxy) is 1. The van der Waals surface area contributed by atoms with Crippen molar-refractivity contribution in [2.45, 2.75) is 19.4 Å². The van der Waals surface area contributed by atoms with Crippen LogP contribution in [0.1, 0.15) is 12.8 Å². The van der Waals surface area contributed by atoms with Gasteiger partial charge in [0.1, 0.15) is 5.75 Å². The highest BCUT2D eigenvalue weighted by Gasteiger charge is 2.03. The van der Waals surface area contributed by atoms with Gasteiger partial charge in [-0.15, -0.1) is 0 Å². The van der Waals surface area contributed by atoms with Gasteiger partial charge >= 0.3 is 0 Å². The van der Waals surface area contributed by atoms with Gasteiger partial charge in [0.15, 0.2) is 0 Å². The number of benzene rings is 1. The van der Waals surface area contributed by atoms with Gasteiger partial charge in [-0.2, -0.15) is 0 Å². The lowest BCUT2D eigenvalue weighted by Gasteiger charge is -2.08. The molecule has 21 heavy (non-hydrogen) atoms. The summed E-state index contributed by atoms with van der Waals surface area (Å²) in [6, 6.07) is 7.22. The first-order valence-corrected chi connectivity index (χ1v) is 7.23. The Morgan fingerprint density at radius 2 is 2.24 bits per heavy atom. The summed E-state index contributed by atoms with van der Waals surface area (Å²) in [6.45, 7) is 1.80. The van der Waals surface area contributed by atoms with E-state index in [0.717, 1.165) is 13.0 Å². The number of halogens is 1. The van der Waals surface area contributed by atoms with Crippen molar-refractivity contribution in [3.63, 3.8) is 0 Å². The first-order chi connectivity index (χ1) is 10.3.